The van der Waals surface area contributed by atoms with Gasteiger partial charge in [0.1, 0.15) is 5.52 Å². The predicted octanol–water partition coefficient (Wildman–Crippen LogP) is 7.30. The monoisotopic (exact) mass is 466 g/mol. The Morgan fingerprint density at radius 3 is 2.32 bits per heavy atom. The highest BCUT2D eigenvalue weighted by molar-refractivity contribution is 6.31. The molecule has 0 spiro atoms. The number of fused-ring (bicyclic) bond motifs is 1. The number of hydrogen-bond donors (Lipinski definition) is 0. The molecule has 0 aliphatic heterocycles. The number of aryl methyl sites for hydroxylation is 1. The maximum absolute atomic E-state index is 13.6. The molecule has 34 heavy (non-hydrogen) atoms. The van der Waals surface area contributed by atoms with Gasteiger partial charge in [0.05, 0.1) is 6.54 Å². The molecule has 0 radical (unpaired) electrons. The van der Waals surface area contributed by atoms with Gasteiger partial charge < -0.3 is 9.32 Å². The molecule has 0 saturated heterocycles. The number of carbonyl (C=O) groups excluding carboxylic acids is 1. The van der Waals surface area contributed by atoms with Crippen LogP contribution in [-0.4, -0.2) is 15.8 Å². The zero-order valence-corrected chi connectivity index (χ0v) is 19.5. The first-order chi connectivity index (χ1) is 16.6. The summed E-state index contributed by atoms with van der Waals surface area (Å²) in [5.41, 5.74) is 6.23. The first-order valence-electron chi connectivity index (χ1n) is 11.1. The summed E-state index contributed by atoms with van der Waals surface area (Å²) < 4.78 is 5.95. The molecule has 5 heteroatoms. The number of halogens is 1. The topological polar surface area (TPSA) is 46.3 Å². The molecule has 0 bridgehead atoms. The van der Waals surface area contributed by atoms with Crippen molar-refractivity contribution >= 4 is 28.6 Å². The van der Waals surface area contributed by atoms with Crippen LogP contribution in [0.5, 0.6) is 0 Å². The van der Waals surface area contributed by atoms with Crippen LogP contribution in [0.15, 0.2) is 101 Å². The lowest BCUT2D eigenvalue weighted by Crippen LogP contribution is -2.30. The van der Waals surface area contributed by atoms with Gasteiger partial charge in [0, 0.05) is 17.1 Å². The minimum atomic E-state index is -0.113. The highest BCUT2D eigenvalue weighted by Crippen LogP contribution is 2.24. The van der Waals surface area contributed by atoms with Crippen LogP contribution in [0.1, 0.15) is 27.4 Å². The molecule has 1 aromatic heterocycles. The molecule has 5 aromatic rings. The molecule has 0 atom stereocenters. The van der Waals surface area contributed by atoms with Gasteiger partial charge in [-0.25, -0.2) is 4.98 Å². The van der Waals surface area contributed by atoms with Gasteiger partial charge in [0.25, 0.3) is 5.91 Å². The van der Waals surface area contributed by atoms with Crippen molar-refractivity contribution in [2.75, 3.05) is 0 Å². The predicted molar refractivity (Wildman–Crippen MR) is 136 cm³/mol. The normalized spacial score (nSPS) is 11.0. The van der Waals surface area contributed by atoms with E-state index in [1.54, 1.807) is 4.90 Å². The molecule has 0 fully saturated rings. The number of hydrogen-bond acceptors (Lipinski definition) is 3. The highest BCUT2D eigenvalue weighted by atomic mass is 35.5. The molecule has 0 N–H and O–H groups in total. The van der Waals surface area contributed by atoms with E-state index < -0.39 is 0 Å². The second-order valence-corrected chi connectivity index (χ2v) is 8.68. The number of carbonyl (C=O) groups is 1. The lowest BCUT2D eigenvalue weighted by molar-refractivity contribution is 0.0715. The molecule has 168 valence electrons. The van der Waals surface area contributed by atoms with E-state index in [-0.39, 0.29) is 12.5 Å². The summed E-state index contributed by atoms with van der Waals surface area (Å²) in [7, 11) is 0. The van der Waals surface area contributed by atoms with Gasteiger partial charge in [-0.05, 0) is 59.5 Å². The van der Waals surface area contributed by atoms with Crippen LogP contribution in [0.4, 0.5) is 0 Å². The summed E-state index contributed by atoms with van der Waals surface area (Å²) in [6.07, 6.45) is 0. The minimum absolute atomic E-state index is 0.113. The summed E-state index contributed by atoms with van der Waals surface area (Å²) in [6, 6.07) is 31.2. The number of benzene rings is 4. The molecule has 4 aromatic carbocycles. The Kier molecular flexibility index (Phi) is 6.15. The molecule has 5 rings (SSSR count). The largest absolute Gasteiger partial charge is 0.439 e. The molecule has 0 unspecified atom stereocenters. The van der Waals surface area contributed by atoms with Crippen molar-refractivity contribution in [3.63, 3.8) is 0 Å². The van der Waals surface area contributed by atoms with Crippen LogP contribution < -0.4 is 0 Å². The summed E-state index contributed by atoms with van der Waals surface area (Å²) in [5, 5.41) is 0.618. The molecule has 0 aliphatic rings. The molecule has 1 amide bonds. The Morgan fingerprint density at radius 2 is 1.56 bits per heavy atom. The van der Waals surface area contributed by atoms with Crippen LogP contribution in [0.2, 0.25) is 5.02 Å². The fourth-order valence-electron chi connectivity index (χ4n) is 3.97. The van der Waals surface area contributed by atoms with Crippen LogP contribution in [-0.2, 0) is 13.1 Å². The first kappa shape index (κ1) is 21.9. The average molecular weight is 467 g/mol. The number of rotatable bonds is 6. The smallest absolute Gasteiger partial charge is 0.254 e. The third-order valence-corrected chi connectivity index (χ3v) is 6.13. The van der Waals surface area contributed by atoms with Crippen molar-refractivity contribution in [3.05, 3.63) is 125 Å². The van der Waals surface area contributed by atoms with E-state index >= 15 is 0 Å². The highest BCUT2D eigenvalue weighted by Gasteiger charge is 2.20. The molecule has 0 saturated carbocycles. The Bertz CT molecular complexity index is 1440. The van der Waals surface area contributed by atoms with Crippen molar-refractivity contribution in [3.8, 4) is 11.1 Å². The lowest BCUT2D eigenvalue weighted by atomic mass is 10.0. The standard InChI is InChI=1S/C29H23ClN2O2/c1-20-11-16-27-26(17-20)31-28(34-27)19-32(18-24-9-5-6-10-25(24)30)29(33)23-14-12-22(13-15-23)21-7-3-2-4-8-21/h2-17H,18-19H2,1H3. The molecule has 0 aliphatic carbocycles. The maximum Gasteiger partial charge on any atom is 0.254 e. The van der Waals surface area contributed by atoms with Gasteiger partial charge in [0.15, 0.2) is 5.58 Å². The Hall–Kier alpha value is -3.89. The molecular formula is C29H23ClN2O2. The Morgan fingerprint density at radius 1 is 0.853 bits per heavy atom. The van der Waals surface area contributed by atoms with Gasteiger partial charge in [-0.2, -0.15) is 0 Å². The van der Waals surface area contributed by atoms with Gasteiger partial charge in [-0.15, -0.1) is 0 Å². The fraction of sp³-hybridized carbons (Fsp3) is 0.103. The lowest BCUT2D eigenvalue weighted by Gasteiger charge is -2.22. The summed E-state index contributed by atoms with van der Waals surface area (Å²) >= 11 is 6.42. The van der Waals surface area contributed by atoms with E-state index in [9.17, 15) is 4.79 Å². The number of amides is 1. The SMILES string of the molecule is Cc1ccc2oc(CN(Cc3ccccc3Cl)C(=O)c3ccc(-c4ccccc4)cc3)nc2c1. The van der Waals surface area contributed by atoms with Crippen molar-refractivity contribution in [1.29, 1.82) is 0 Å². The number of nitrogens with zero attached hydrogens (tertiary/aromatic N) is 2. The van der Waals surface area contributed by atoms with Gasteiger partial charge in [-0.3, -0.25) is 4.79 Å². The quantitative estimate of drug-likeness (QED) is 0.264. The zero-order valence-electron chi connectivity index (χ0n) is 18.7. The van der Waals surface area contributed by atoms with E-state index in [4.69, 9.17) is 16.0 Å². The minimum Gasteiger partial charge on any atom is -0.439 e. The van der Waals surface area contributed by atoms with Crippen LogP contribution >= 0.6 is 11.6 Å². The van der Waals surface area contributed by atoms with E-state index in [1.165, 1.54) is 0 Å². The third kappa shape index (κ3) is 4.73. The van der Waals surface area contributed by atoms with E-state index in [2.05, 4.69) is 17.1 Å². The Labute approximate surface area is 203 Å². The van der Waals surface area contributed by atoms with Crippen LogP contribution in [0, 0.1) is 6.92 Å². The van der Waals surface area contributed by atoms with Crippen molar-refractivity contribution in [1.82, 2.24) is 9.88 Å². The second-order valence-electron chi connectivity index (χ2n) is 8.27. The van der Waals surface area contributed by atoms with Crippen molar-refractivity contribution < 1.29 is 9.21 Å². The van der Waals surface area contributed by atoms with E-state index in [0.717, 1.165) is 27.8 Å². The van der Waals surface area contributed by atoms with Crippen LogP contribution in [0.25, 0.3) is 22.2 Å². The van der Waals surface area contributed by atoms with Gasteiger partial charge >= 0.3 is 0 Å². The average Bonchev–Trinajstić information content (AvgIpc) is 3.26. The zero-order chi connectivity index (χ0) is 23.5. The van der Waals surface area contributed by atoms with Gasteiger partial charge in [0.2, 0.25) is 5.89 Å². The van der Waals surface area contributed by atoms with E-state index in [1.807, 2.05) is 91.9 Å². The summed E-state index contributed by atoms with van der Waals surface area (Å²) in [6.45, 7) is 2.59. The fourth-order valence-corrected chi connectivity index (χ4v) is 4.16. The van der Waals surface area contributed by atoms with Gasteiger partial charge in [-0.1, -0.05) is 78.3 Å². The number of oxazole rings is 1. The second kappa shape index (κ2) is 9.54. The third-order valence-electron chi connectivity index (χ3n) is 5.76. The molecular weight excluding hydrogens is 444 g/mol. The summed E-state index contributed by atoms with van der Waals surface area (Å²) in [5.74, 6) is 0.375. The maximum atomic E-state index is 13.6. The summed E-state index contributed by atoms with van der Waals surface area (Å²) in [4.78, 5) is 19.9. The van der Waals surface area contributed by atoms with Crippen LogP contribution in [0.3, 0.4) is 0 Å². The number of aromatic nitrogens is 1. The first-order valence-corrected chi connectivity index (χ1v) is 11.5. The molecule has 1 heterocycles. The molecule has 4 nitrogen and oxygen atoms in total. The van der Waals surface area contributed by atoms with Crippen molar-refractivity contribution in [2.45, 2.75) is 20.0 Å². The van der Waals surface area contributed by atoms with Crippen molar-refractivity contribution in [2.24, 2.45) is 0 Å². The van der Waals surface area contributed by atoms with E-state index in [0.29, 0.717) is 28.6 Å². The Balaban J connectivity index is 1.45.